The molecule has 1 aromatic carbocycles. The summed E-state index contributed by atoms with van der Waals surface area (Å²) in [6.07, 6.45) is 4.08. The van der Waals surface area contributed by atoms with Crippen molar-refractivity contribution in [3.05, 3.63) is 64.0 Å². The molecule has 0 saturated heterocycles. The molecule has 0 radical (unpaired) electrons. The zero-order chi connectivity index (χ0) is 14.3. The molecule has 0 amide bonds. The molecule has 2 aromatic rings. The van der Waals surface area contributed by atoms with Gasteiger partial charge in [0.25, 0.3) is 0 Å². The third-order valence-electron chi connectivity index (χ3n) is 4.38. The summed E-state index contributed by atoms with van der Waals surface area (Å²) in [5.74, 6) is 1.15. The number of benzene rings is 1. The molecule has 0 aliphatic heterocycles. The summed E-state index contributed by atoms with van der Waals surface area (Å²) >= 11 is 0. The van der Waals surface area contributed by atoms with E-state index >= 15 is 0 Å². The highest BCUT2D eigenvalue weighted by atomic mass is 14.7. The normalized spacial score (nSPS) is 13.5. The molecule has 0 spiro atoms. The third-order valence-corrected chi connectivity index (χ3v) is 4.38. The lowest BCUT2D eigenvalue weighted by molar-refractivity contribution is 0.830. The van der Waals surface area contributed by atoms with Crippen LogP contribution >= 0.6 is 0 Å². The Kier molecular flexibility index (Phi) is 3.37. The molecule has 1 nitrogen and oxygen atoms in total. The molecule has 1 heterocycles. The van der Waals surface area contributed by atoms with Crippen LogP contribution < -0.4 is 0 Å². The predicted octanol–water partition coefficient (Wildman–Crippen LogP) is 4.82. The van der Waals surface area contributed by atoms with E-state index in [0.717, 1.165) is 12.8 Å². The van der Waals surface area contributed by atoms with Crippen LogP contribution in [0.3, 0.4) is 0 Å². The van der Waals surface area contributed by atoms with Crippen LogP contribution in [-0.2, 0) is 12.8 Å². The predicted molar refractivity (Wildman–Crippen MR) is 84.5 cm³/mol. The molecule has 3 rings (SSSR count). The highest BCUT2D eigenvalue weighted by molar-refractivity contribution is 5.45. The molecule has 104 valence electrons. The fourth-order valence-electron chi connectivity index (χ4n) is 2.91. The summed E-state index contributed by atoms with van der Waals surface area (Å²) in [6, 6.07) is 9.33. The number of pyridine rings is 1. The number of hydrogen-bond donors (Lipinski definition) is 0. The summed E-state index contributed by atoms with van der Waals surface area (Å²) in [7, 11) is 0. The van der Waals surface area contributed by atoms with Crippen molar-refractivity contribution in [2.75, 3.05) is 0 Å². The van der Waals surface area contributed by atoms with Gasteiger partial charge in [0.15, 0.2) is 0 Å². The first-order valence-corrected chi connectivity index (χ1v) is 7.64. The summed E-state index contributed by atoms with van der Waals surface area (Å²) in [5, 5.41) is 0. The van der Waals surface area contributed by atoms with Gasteiger partial charge in [0.05, 0.1) is 0 Å². The Morgan fingerprint density at radius 2 is 1.50 bits per heavy atom. The fraction of sp³-hybridized carbons (Fsp3) is 0.421. The Morgan fingerprint density at radius 1 is 0.800 bits per heavy atom. The quantitative estimate of drug-likeness (QED) is 0.647. The third kappa shape index (κ3) is 2.37. The number of nitrogens with zero attached hydrogens (tertiary/aromatic N) is 1. The minimum atomic E-state index is 0.553. The maximum absolute atomic E-state index is 4.71. The topological polar surface area (TPSA) is 12.9 Å². The first-order valence-electron chi connectivity index (χ1n) is 7.64. The van der Waals surface area contributed by atoms with Crippen LogP contribution in [0.25, 0.3) is 0 Å². The lowest BCUT2D eigenvalue weighted by Crippen LogP contribution is -2.11. The van der Waals surface area contributed by atoms with Crippen LogP contribution in [0.2, 0.25) is 0 Å². The molecule has 0 atom stereocenters. The van der Waals surface area contributed by atoms with E-state index in [1.165, 1.54) is 33.5 Å². The lowest BCUT2D eigenvalue weighted by atomic mass is 9.85. The van der Waals surface area contributed by atoms with Gasteiger partial charge in [-0.3, -0.25) is 4.98 Å². The Morgan fingerprint density at radius 3 is 2.20 bits per heavy atom. The van der Waals surface area contributed by atoms with Crippen LogP contribution in [0.15, 0.2) is 30.5 Å². The average molecular weight is 265 g/mol. The molecular formula is C19H23N. The van der Waals surface area contributed by atoms with E-state index in [4.69, 9.17) is 4.98 Å². The maximum atomic E-state index is 4.71. The molecule has 0 fully saturated rings. The van der Waals surface area contributed by atoms with E-state index in [-0.39, 0.29) is 0 Å². The van der Waals surface area contributed by atoms with Gasteiger partial charge in [-0.15, -0.1) is 0 Å². The second-order valence-electron chi connectivity index (χ2n) is 6.57. The van der Waals surface area contributed by atoms with Crippen molar-refractivity contribution in [3.63, 3.8) is 0 Å². The fourth-order valence-corrected chi connectivity index (χ4v) is 2.91. The maximum Gasteiger partial charge on any atom is 0.0483 e. The van der Waals surface area contributed by atoms with Crippen molar-refractivity contribution in [1.29, 1.82) is 0 Å². The van der Waals surface area contributed by atoms with Crippen molar-refractivity contribution in [3.8, 4) is 0 Å². The zero-order valence-electron chi connectivity index (χ0n) is 12.9. The summed E-state index contributed by atoms with van der Waals surface area (Å²) < 4.78 is 0. The van der Waals surface area contributed by atoms with Gasteiger partial charge < -0.3 is 0 Å². The van der Waals surface area contributed by atoms with Crippen LogP contribution in [0.5, 0.6) is 0 Å². The monoisotopic (exact) mass is 265 g/mol. The standard InChI is InChI=1S/C19H23N/c1-12(2)14-5-6-15-8-17-9-18(13(3)4)11-20-19(17)10-16(15)7-14/h5-7,9,11-13H,8,10H2,1-4H3. The van der Waals surface area contributed by atoms with Gasteiger partial charge in [-0.1, -0.05) is 52.0 Å². The van der Waals surface area contributed by atoms with Gasteiger partial charge in [-0.2, -0.15) is 0 Å². The van der Waals surface area contributed by atoms with E-state index in [1.807, 2.05) is 0 Å². The molecular weight excluding hydrogens is 242 g/mol. The minimum Gasteiger partial charge on any atom is -0.260 e. The van der Waals surface area contributed by atoms with E-state index < -0.39 is 0 Å². The average Bonchev–Trinajstić information content (AvgIpc) is 2.43. The minimum absolute atomic E-state index is 0.553. The van der Waals surface area contributed by atoms with Crippen LogP contribution in [-0.4, -0.2) is 4.98 Å². The summed E-state index contributed by atoms with van der Waals surface area (Å²) in [4.78, 5) is 4.71. The Bertz CT molecular complexity index is 581. The van der Waals surface area contributed by atoms with Gasteiger partial charge in [0.1, 0.15) is 0 Å². The summed E-state index contributed by atoms with van der Waals surface area (Å²) in [6.45, 7) is 8.97. The molecule has 0 bridgehead atoms. The van der Waals surface area contributed by atoms with Gasteiger partial charge >= 0.3 is 0 Å². The molecule has 0 saturated carbocycles. The van der Waals surface area contributed by atoms with Crippen molar-refractivity contribution in [1.82, 2.24) is 4.98 Å². The molecule has 1 aromatic heterocycles. The lowest BCUT2D eigenvalue weighted by Gasteiger charge is -2.21. The molecule has 1 aliphatic carbocycles. The van der Waals surface area contributed by atoms with Gasteiger partial charge in [-0.05, 0) is 46.1 Å². The smallest absolute Gasteiger partial charge is 0.0483 e. The van der Waals surface area contributed by atoms with Gasteiger partial charge in [0, 0.05) is 18.3 Å². The number of fused-ring (bicyclic) bond motifs is 2. The van der Waals surface area contributed by atoms with Crippen molar-refractivity contribution >= 4 is 0 Å². The van der Waals surface area contributed by atoms with E-state index in [9.17, 15) is 0 Å². The first-order chi connectivity index (χ1) is 9.54. The Hall–Kier alpha value is -1.63. The van der Waals surface area contributed by atoms with E-state index in [0.29, 0.717) is 11.8 Å². The SMILES string of the molecule is CC(C)c1ccc2c(c1)Cc1ncc(C(C)C)cc1C2. The molecule has 1 aliphatic rings. The number of hydrogen-bond acceptors (Lipinski definition) is 1. The van der Waals surface area contributed by atoms with Crippen molar-refractivity contribution in [2.24, 2.45) is 0 Å². The van der Waals surface area contributed by atoms with Crippen LogP contribution in [0, 0.1) is 0 Å². The van der Waals surface area contributed by atoms with Gasteiger partial charge in [-0.25, -0.2) is 0 Å². The first kappa shape index (κ1) is 13.4. The largest absolute Gasteiger partial charge is 0.260 e. The summed E-state index contributed by atoms with van der Waals surface area (Å²) in [5.41, 5.74) is 8.42. The Labute approximate surface area is 122 Å². The van der Waals surface area contributed by atoms with Crippen molar-refractivity contribution in [2.45, 2.75) is 52.4 Å². The highest BCUT2D eigenvalue weighted by Gasteiger charge is 2.18. The second kappa shape index (κ2) is 5.05. The second-order valence-corrected chi connectivity index (χ2v) is 6.57. The van der Waals surface area contributed by atoms with Crippen LogP contribution in [0.4, 0.5) is 0 Å². The molecule has 1 heteroatoms. The highest BCUT2D eigenvalue weighted by Crippen LogP contribution is 2.30. The number of rotatable bonds is 2. The van der Waals surface area contributed by atoms with Crippen molar-refractivity contribution < 1.29 is 0 Å². The molecule has 0 unspecified atom stereocenters. The van der Waals surface area contributed by atoms with E-state index in [2.05, 4.69) is 58.2 Å². The molecule has 0 N–H and O–H groups in total. The zero-order valence-corrected chi connectivity index (χ0v) is 12.9. The van der Waals surface area contributed by atoms with Crippen LogP contribution in [0.1, 0.15) is 73.0 Å². The van der Waals surface area contributed by atoms with Gasteiger partial charge in [0.2, 0.25) is 0 Å². The van der Waals surface area contributed by atoms with E-state index in [1.54, 1.807) is 0 Å². The molecule has 20 heavy (non-hydrogen) atoms. The Balaban J connectivity index is 1.97. The number of aromatic nitrogens is 1.